The zero-order chi connectivity index (χ0) is 17.6. The van der Waals surface area contributed by atoms with Crippen molar-refractivity contribution in [1.82, 2.24) is 0 Å². The van der Waals surface area contributed by atoms with E-state index in [1.807, 2.05) is 12.2 Å². The van der Waals surface area contributed by atoms with Crippen molar-refractivity contribution in [2.45, 2.75) is 65.1 Å². The van der Waals surface area contributed by atoms with Crippen molar-refractivity contribution in [3.63, 3.8) is 0 Å². The molecule has 0 bridgehead atoms. The largest absolute Gasteiger partial charge is 0.495 e. The first kappa shape index (κ1) is 18.0. The zero-order valence-electron chi connectivity index (χ0n) is 15.6. The summed E-state index contributed by atoms with van der Waals surface area (Å²) >= 11 is 0. The molecule has 0 aromatic heterocycles. The summed E-state index contributed by atoms with van der Waals surface area (Å²) in [5, 5.41) is 0. The summed E-state index contributed by atoms with van der Waals surface area (Å²) in [5.41, 5.74) is 3.76. The van der Waals surface area contributed by atoms with Gasteiger partial charge < -0.3 is 9.31 Å². The minimum atomic E-state index is -0.388. The molecule has 1 aromatic carbocycles. The Labute approximate surface area is 141 Å². The molecule has 0 atom stereocenters. The normalized spacial score (nSPS) is 19.7. The molecule has 3 heteroatoms. The second kappa shape index (κ2) is 5.64. The highest BCUT2D eigenvalue weighted by molar-refractivity contribution is 6.63. The highest BCUT2D eigenvalue weighted by atomic mass is 16.7. The molecule has 0 spiro atoms. The van der Waals surface area contributed by atoms with Crippen molar-refractivity contribution < 1.29 is 9.31 Å². The van der Waals surface area contributed by atoms with Crippen molar-refractivity contribution in [2.24, 2.45) is 0 Å². The lowest BCUT2D eigenvalue weighted by Gasteiger charge is -2.32. The maximum atomic E-state index is 6.21. The molecule has 1 saturated heterocycles. The van der Waals surface area contributed by atoms with Crippen molar-refractivity contribution in [1.29, 1.82) is 0 Å². The predicted molar refractivity (Wildman–Crippen MR) is 101 cm³/mol. The second-order valence-corrected chi connectivity index (χ2v) is 8.28. The molecule has 0 radical (unpaired) electrons. The van der Waals surface area contributed by atoms with Crippen LogP contribution in [0.2, 0.25) is 0 Å². The fourth-order valence-corrected chi connectivity index (χ4v) is 2.93. The SMILES string of the molecule is C=Cc1c(B2OC(C)(C)C(C)(C)O2)ccc(C(C)(C)C)c1C=C. The Morgan fingerprint density at radius 1 is 0.913 bits per heavy atom. The van der Waals surface area contributed by atoms with Gasteiger partial charge in [-0.3, -0.25) is 0 Å². The summed E-state index contributed by atoms with van der Waals surface area (Å²) in [6.45, 7) is 22.9. The lowest BCUT2D eigenvalue weighted by atomic mass is 9.71. The maximum absolute atomic E-state index is 6.21. The van der Waals surface area contributed by atoms with Crippen LogP contribution in [0, 0.1) is 0 Å². The van der Waals surface area contributed by atoms with Gasteiger partial charge in [0.2, 0.25) is 0 Å². The van der Waals surface area contributed by atoms with E-state index in [2.05, 4.69) is 73.8 Å². The molecule has 2 rings (SSSR count). The second-order valence-electron chi connectivity index (χ2n) is 8.28. The van der Waals surface area contributed by atoms with Gasteiger partial charge >= 0.3 is 7.12 Å². The van der Waals surface area contributed by atoms with Crippen LogP contribution < -0.4 is 5.46 Å². The van der Waals surface area contributed by atoms with E-state index in [-0.39, 0.29) is 23.7 Å². The fraction of sp³-hybridized carbons (Fsp3) is 0.500. The van der Waals surface area contributed by atoms with Crippen LogP contribution in [0.1, 0.15) is 65.2 Å². The molecule has 1 heterocycles. The van der Waals surface area contributed by atoms with Crippen LogP contribution in [0.4, 0.5) is 0 Å². The Balaban J connectivity index is 2.58. The summed E-state index contributed by atoms with van der Waals surface area (Å²) in [4.78, 5) is 0. The highest BCUT2D eigenvalue weighted by Crippen LogP contribution is 2.37. The van der Waals surface area contributed by atoms with Crippen LogP contribution in [0.5, 0.6) is 0 Å². The van der Waals surface area contributed by atoms with E-state index >= 15 is 0 Å². The van der Waals surface area contributed by atoms with Crippen LogP contribution in [-0.2, 0) is 14.7 Å². The smallest absolute Gasteiger partial charge is 0.399 e. The van der Waals surface area contributed by atoms with Gasteiger partial charge in [-0.2, -0.15) is 0 Å². The van der Waals surface area contributed by atoms with E-state index in [0.717, 1.165) is 16.6 Å². The Bertz CT molecular complexity index is 620. The highest BCUT2D eigenvalue weighted by Gasteiger charge is 2.52. The third kappa shape index (κ3) is 3.05. The van der Waals surface area contributed by atoms with E-state index in [4.69, 9.17) is 9.31 Å². The third-order valence-electron chi connectivity index (χ3n) is 5.04. The Kier molecular flexibility index (Phi) is 4.42. The molecule has 124 valence electrons. The quantitative estimate of drug-likeness (QED) is 0.761. The first-order valence-electron chi connectivity index (χ1n) is 8.22. The zero-order valence-corrected chi connectivity index (χ0v) is 15.6. The lowest BCUT2D eigenvalue weighted by molar-refractivity contribution is 0.00578. The predicted octanol–water partition coefficient (Wildman–Crippen LogP) is 4.57. The molecular weight excluding hydrogens is 283 g/mol. The van der Waals surface area contributed by atoms with Crippen LogP contribution in [0.3, 0.4) is 0 Å². The van der Waals surface area contributed by atoms with Gasteiger partial charge in [-0.1, -0.05) is 58.2 Å². The van der Waals surface area contributed by atoms with Crippen LogP contribution in [0.15, 0.2) is 25.3 Å². The van der Waals surface area contributed by atoms with Crippen molar-refractivity contribution in [3.8, 4) is 0 Å². The fourth-order valence-electron chi connectivity index (χ4n) is 2.93. The van der Waals surface area contributed by atoms with E-state index in [1.54, 1.807) is 0 Å². The van der Waals surface area contributed by atoms with Gasteiger partial charge in [-0.05, 0) is 55.3 Å². The Morgan fingerprint density at radius 2 is 1.39 bits per heavy atom. The van der Waals surface area contributed by atoms with Gasteiger partial charge in [0.15, 0.2) is 0 Å². The Hall–Kier alpha value is -1.32. The molecule has 0 amide bonds. The van der Waals surface area contributed by atoms with E-state index in [1.165, 1.54) is 5.56 Å². The summed E-state index contributed by atoms with van der Waals surface area (Å²) in [7, 11) is -0.388. The van der Waals surface area contributed by atoms with Gasteiger partial charge in [-0.25, -0.2) is 0 Å². The van der Waals surface area contributed by atoms with Crippen LogP contribution in [0.25, 0.3) is 12.2 Å². The first-order valence-corrected chi connectivity index (χ1v) is 8.22. The summed E-state index contributed by atoms with van der Waals surface area (Å²) in [6, 6.07) is 4.26. The Morgan fingerprint density at radius 3 is 1.78 bits per heavy atom. The number of hydrogen-bond acceptors (Lipinski definition) is 2. The molecule has 1 fully saturated rings. The average molecular weight is 312 g/mol. The van der Waals surface area contributed by atoms with E-state index in [9.17, 15) is 0 Å². The molecule has 1 aliphatic rings. The summed E-state index contributed by atoms with van der Waals surface area (Å²) in [5.74, 6) is 0. The molecule has 0 N–H and O–H groups in total. The number of benzene rings is 1. The van der Waals surface area contributed by atoms with E-state index in [0.29, 0.717) is 0 Å². The van der Waals surface area contributed by atoms with Gasteiger partial charge in [0, 0.05) is 0 Å². The first-order chi connectivity index (χ1) is 10.4. The van der Waals surface area contributed by atoms with E-state index < -0.39 is 0 Å². The molecule has 1 aromatic rings. The number of hydrogen-bond donors (Lipinski definition) is 0. The van der Waals surface area contributed by atoms with Gasteiger partial charge in [-0.15, -0.1) is 0 Å². The molecule has 0 saturated carbocycles. The maximum Gasteiger partial charge on any atom is 0.495 e. The average Bonchev–Trinajstić information content (AvgIpc) is 2.64. The number of rotatable bonds is 3. The lowest BCUT2D eigenvalue weighted by Crippen LogP contribution is -2.41. The van der Waals surface area contributed by atoms with Crippen molar-refractivity contribution >= 4 is 24.7 Å². The minimum Gasteiger partial charge on any atom is -0.399 e. The molecular formula is C20H29BO2. The van der Waals surface area contributed by atoms with Crippen molar-refractivity contribution in [2.75, 3.05) is 0 Å². The molecule has 23 heavy (non-hydrogen) atoms. The van der Waals surface area contributed by atoms with Gasteiger partial charge in [0.25, 0.3) is 0 Å². The van der Waals surface area contributed by atoms with Crippen LogP contribution in [-0.4, -0.2) is 18.3 Å². The molecule has 2 nitrogen and oxygen atoms in total. The van der Waals surface area contributed by atoms with Crippen molar-refractivity contribution in [3.05, 3.63) is 42.0 Å². The molecule has 0 unspecified atom stereocenters. The molecule has 0 aliphatic carbocycles. The summed E-state index contributed by atoms with van der Waals surface area (Å²) < 4.78 is 12.4. The monoisotopic (exact) mass is 312 g/mol. The minimum absolute atomic E-state index is 0.0374. The summed E-state index contributed by atoms with van der Waals surface area (Å²) in [6.07, 6.45) is 3.79. The van der Waals surface area contributed by atoms with Crippen LogP contribution >= 0.6 is 0 Å². The van der Waals surface area contributed by atoms with Gasteiger partial charge in [0.1, 0.15) is 0 Å². The topological polar surface area (TPSA) is 18.5 Å². The molecule has 1 aliphatic heterocycles. The third-order valence-corrected chi connectivity index (χ3v) is 5.04. The van der Waals surface area contributed by atoms with Gasteiger partial charge in [0.05, 0.1) is 11.2 Å². The standard InChI is InChI=1S/C20H29BO2/c1-10-14-15(11-2)17(13-12-16(14)18(3,4)5)21-22-19(6,7)20(8,9)23-21/h10-13H,1-2H2,3-9H3.